The maximum absolute atomic E-state index is 5.57. The van der Waals surface area contributed by atoms with Crippen LogP contribution in [0.15, 0.2) is 65.9 Å². The molecule has 1 aliphatic heterocycles. The van der Waals surface area contributed by atoms with Crippen molar-refractivity contribution in [1.29, 1.82) is 0 Å². The highest BCUT2D eigenvalue weighted by Crippen LogP contribution is 2.25. The smallest absolute Gasteiger partial charge is 0.191 e. The molecule has 0 saturated carbocycles. The molecule has 1 aliphatic rings. The monoisotopic (exact) mass is 375 g/mol. The van der Waals surface area contributed by atoms with Crippen molar-refractivity contribution in [3.63, 3.8) is 0 Å². The Kier molecular flexibility index (Phi) is 5.56. The van der Waals surface area contributed by atoms with Crippen LogP contribution in [0.4, 0.5) is 0 Å². The molecule has 0 spiro atoms. The van der Waals surface area contributed by atoms with E-state index in [-0.39, 0.29) is 0 Å². The molecular weight excluding hydrogens is 350 g/mol. The van der Waals surface area contributed by atoms with E-state index in [2.05, 4.69) is 51.1 Å². The Bertz CT molecular complexity index is 949. The van der Waals surface area contributed by atoms with E-state index in [1.165, 1.54) is 16.7 Å². The van der Waals surface area contributed by atoms with Gasteiger partial charge in [0, 0.05) is 39.0 Å². The molecule has 6 heteroatoms. The van der Waals surface area contributed by atoms with E-state index in [1.807, 2.05) is 29.1 Å². The molecule has 0 aliphatic carbocycles. The number of aromatic nitrogens is 2. The van der Waals surface area contributed by atoms with E-state index in [4.69, 9.17) is 4.74 Å². The number of fused-ring (bicyclic) bond motifs is 1. The van der Waals surface area contributed by atoms with Crippen LogP contribution in [0, 0.1) is 0 Å². The Hall–Kier alpha value is -3.28. The van der Waals surface area contributed by atoms with Crippen molar-refractivity contribution in [1.82, 2.24) is 20.4 Å². The van der Waals surface area contributed by atoms with Gasteiger partial charge in [0.25, 0.3) is 0 Å². The molecule has 0 atom stereocenters. The zero-order valence-corrected chi connectivity index (χ0v) is 16.1. The fraction of sp³-hybridized carbons (Fsp3) is 0.273. The molecule has 0 saturated heterocycles. The summed E-state index contributed by atoms with van der Waals surface area (Å²) in [5.41, 5.74) is 4.86. The van der Waals surface area contributed by atoms with Crippen molar-refractivity contribution in [2.45, 2.75) is 19.4 Å². The van der Waals surface area contributed by atoms with E-state index in [1.54, 1.807) is 13.2 Å². The number of hydrogen-bond acceptors (Lipinski definition) is 3. The number of nitrogens with one attached hydrogen (secondary N) is 2. The third-order valence-corrected chi connectivity index (χ3v) is 4.82. The minimum Gasteiger partial charge on any atom is -0.493 e. The molecule has 3 aromatic rings. The summed E-state index contributed by atoms with van der Waals surface area (Å²) in [7, 11) is 1.79. The van der Waals surface area contributed by atoms with Crippen LogP contribution in [0.2, 0.25) is 0 Å². The molecule has 2 N–H and O–H groups in total. The molecule has 0 radical (unpaired) electrons. The van der Waals surface area contributed by atoms with Crippen molar-refractivity contribution in [2.24, 2.45) is 4.99 Å². The number of nitrogens with zero attached hydrogens (tertiary/aromatic N) is 3. The molecule has 28 heavy (non-hydrogen) atoms. The summed E-state index contributed by atoms with van der Waals surface area (Å²) in [5, 5.41) is 11.0. The van der Waals surface area contributed by atoms with Gasteiger partial charge in [-0.15, -0.1) is 0 Å². The van der Waals surface area contributed by atoms with Gasteiger partial charge in [0.05, 0.1) is 12.3 Å². The molecule has 4 rings (SSSR count). The van der Waals surface area contributed by atoms with Crippen LogP contribution in [-0.4, -0.2) is 35.9 Å². The summed E-state index contributed by atoms with van der Waals surface area (Å²) in [6.07, 6.45) is 5.68. The fourth-order valence-corrected chi connectivity index (χ4v) is 3.36. The highest BCUT2D eigenvalue weighted by Gasteiger charge is 2.11. The zero-order valence-electron chi connectivity index (χ0n) is 16.1. The third kappa shape index (κ3) is 4.34. The van der Waals surface area contributed by atoms with Crippen LogP contribution < -0.4 is 15.4 Å². The highest BCUT2D eigenvalue weighted by atomic mass is 16.5. The lowest BCUT2D eigenvalue weighted by Gasteiger charge is -2.13. The number of ether oxygens (including phenoxy) is 1. The Morgan fingerprint density at radius 2 is 2.11 bits per heavy atom. The summed E-state index contributed by atoms with van der Waals surface area (Å²) in [4.78, 5) is 4.32. The van der Waals surface area contributed by atoms with Gasteiger partial charge in [-0.2, -0.15) is 5.10 Å². The van der Waals surface area contributed by atoms with Crippen molar-refractivity contribution < 1.29 is 4.74 Å². The van der Waals surface area contributed by atoms with E-state index in [0.717, 1.165) is 43.4 Å². The molecular formula is C22H25N5O. The van der Waals surface area contributed by atoms with Gasteiger partial charge in [-0.05, 0) is 47.4 Å². The first-order chi connectivity index (χ1) is 13.8. The largest absolute Gasteiger partial charge is 0.493 e. The van der Waals surface area contributed by atoms with Gasteiger partial charge in [-0.3, -0.25) is 4.99 Å². The first kappa shape index (κ1) is 18.1. The number of hydrogen-bond donors (Lipinski definition) is 2. The zero-order chi connectivity index (χ0) is 19.2. The SMILES string of the molecule is CN=C(NCCc1ccc2c(c1)CCO2)NCc1cccc(-n2cccn2)c1. The third-order valence-electron chi connectivity index (χ3n) is 4.82. The lowest BCUT2D eigenvalue weighted by Crippen LogP contribution is -2.37. The molecule has 0 bridgehead atoms. The average Bonchev–Trinajstić information content (AvgIpc) is 3.42. The van der Waals surface area contributed by atoms with Gasteiger partial charge in [0.15, 0.2) is 5.96 Å². The molecule has 6 nitrogen and oxygen atoms in total. The van der Waals surface area contributed by atoms with E-state index < -0.39 is 0 Å². The molecule has 1 aromatic heterocycles. The van der Waals surface area contributed by atoms with Gasteiger partial charge in [-0.1, -0.05) is 24.3 Å². The van der Waals surface area contributed by atoms with Gasteiger partial charge < -0.3 is 15.4 Å². The normalized spacial score (nSPS) is 13.1. The van der Waals surface area contributed by atoms with Crippen LogP contribution in [-0.2, 0) is 19.4 Å². The van der Waals surface area contributed by atoms with Crippen LogP contribution >= 0.6 is 0 Å². The Labute approximate surface area is 165 Å². The second kappa shape index (κ2) is 8.61. The molecule has 0 fully saturated rings. The molecule has 2 aromatic carbocycles. The lowest BCUT2D eigenvalue weighted by molar-refractivity contribution is 0.357. The first-order valence-electron chi connectivity index (χ1n) is 9.60. The van der Waals surface area contributed by atoms with E-state index >= 15 is 0 Å². The first-order valence-corrected chi connectivity index (χ1v) is 9.60. The summed E-state index contributed by atoms with van der Waals surface area (Å²) in [6.45, 7) is 2.33. The van der Waals surface area contributed by atoms with Gasteiger partial charge in [0.2, 0.25) is 0 Å². The topological polar surface area (TPSA) is 63.5 Å². The average molecular weight is 375 g/mol. The van der Waals surface area contributed by atoms with Crippen LogP contribution in [0.3, 0.4) is 0 Å². The molecule has 0 amide bonds. The standard InChI is InChI=1S/C22H25N5O/c1-23-22(24-11-8-17-6-7-21-19(14-17)9-13-28-21)25-16-18-4-2-5-20(15-18)27-12-3-10-26-27/h2-7,10,12,14-15H,8-9,11,13,16H2,1H3,(H2,23,24,25). The minimum absolute atomic E-state index is 0.699. The van der Waals surface area contributed by atoms with Crippen LogP contribution in [0.5, 0.6) is 5.75 Å². The maximum Gasteiger partial charge on any atom is 0.191 e. The fourth-order valence-electron chi connectivity index (χ4n) is 3.36. The molecule has 2 heterocycles. The van der Waals surface area contributed by atoms with Crippen molar-refractivity contribution in [3.05, 3.63) is 77.6 Å². The van der Waals surface area contributed by atoms with E-state index in [0.29, 0.717) is 6.54 Å². The quantitative estimate of drug-likeness (QED) is 0.514. The Morgan fingerprint density at radius 3 is 2.96 bits per heavy atom. The summed E-state index contributed by atoms with van der Waals surface area (Å²) in [6, 6.07) is 16.7. The Morgan fingerprint density at radius 1 is 1.14 bits per heavy atom. The highest BCUT2D eigenvalue weighted by molar-refractivity contribution is 5.79. The second-order valence-corrected chi connectivity index (χ2v) is 6.76. The van der Waals surface area contributed by atoms with Gasteiger partial charge in [-0.25, -0.2) is 4.68 Å². The lowest BCUT2D eigenvalue weighted by atomic mass is 10.1. The predicted molar refractivity (Wildman–Crippen MR) is 111 cm³/mol. The summed E-state index contributed by atoms with van der Waals surface area (Å²) < 4.78 is 7.43. The van der Waals surface area contributed by atoms with Gasteiger partial charge in [0.1, 0.15) is 5.75 Å². The van der Waals surface area contributed by atoms with Gasteiger partial charge >= 0.3 is 0 Å². The van der Waals surface area contributed by atoms with Crippen LogP contribution in [0.1, 0.15) is 16.7 Å². The van der Waals surface area contributed by atoms with Crippen LogP contribution in [0.25, 0.3) is 5.69 Å². The van der Waals surface area contributed by atoms with Crippen molar-refractivity contribution in [3.8, 4) is 11.4 Å². The number of guanidine groups is 1. The number of rotatable bonds is 6. The number of aliphatic imine (C=N–C) groups is 1. The number of benzene rings is 2. The molecule has 0 unspecified atom stereocenters. The van der Waals surface area contributed by atoms with Crippen molar-refractivity contribution >= 4 is 5.96 Å². The predicted octanol–water partition coefficient (Wildman–Crippen LogP) is 2.71. The Balaban J connectivity index is 1.28. The summed E-state index contributed by atoms with van der Waals surface area (Å²) >= 11 is 0. The van der Waals surface area contributed by atoms with E-state index in [9.17, 15) is 0 Å². The second-order valence-electron chi connectivity index (χ2n) is 6.76. The molecule has 144 valence electrons. The minimum atomic E-state index is 0.699. The maximum atomic E-state index is 5.57. The summed E-state index contributed by atoms with van der Waals surface area (Å²) in [5.74, 6) is 1.83. The van der Waals surface area contributed by atoms with Crippen molar-refractivity contribution in [2.75, 3.05) is 20.2 Å².